The molecule has 4 N–H and O–H groups in total. The first-order chi connectivity index (χ1) is 13.0. The molecule has 3 aromatic rings. The molecule has 0 spiro atoms. The Labute approximate surface area is 161 Å². The standard InChI is InChI=1S/C19H21ClN4O3/c1-4-21-15-8-11(20)7-12(10(15)2)18(26)23-9-13-17(25)16-14(5-6-22-16)24-19(13)27-3/h5-8,21-22H,4,9H2,1-3H3,(H,23,26)(H,24,25). The summed E-state index contributed by atoms with van der Waals surface area (Å²) in [5.41, 5.74) is 3.25. The van der Waals surface area contributed by atoms with Gasteiger partial charge in [0.2, 0.25) is 5.43 Å². The lowest BCUT2D eigenvalue weighted by molar-refractivity contribution is 0.0950. The molecule has 1 aromatic carbocycles. The Morgan fingerprint density at radius 3 is 2.81 bits per heavy atom. The van der Waals surface area contributed by atoms with Crippen molar-refractivity contribution in [2.75, 3.05) is 19.0 Å². The molecule has 0 aliphatic rings. The number of pyridine rings is 1. The molecule has 1 amide bonds. The van der Waals surface area contributed by atoms with Crippen LogP contribution in [0.15, 0.2) is 29.2 Å². The zero-order chi connectivity index (χ0) is 19.6. The summed E-state index contributed by atoms with van der Waals surface area (Å²) in [6.07, 6.45) is 1.67. The summed E-state index contributed by atoms with van der Waals surface area (Å²) < 4.78 is 5.28. The van der Waals surface area contributed by atoms with Gasteiger partial charge in [-0.2, -0.15) is 0 Å². The molecule has 2 heterocycles. The Balaban J connectivity index is 1.90. The minimum absolute atomic E-state index is 0.0226. The van der Waals surface area contributed by atoms with E-state index in [0.29, 0.717) is 39.6 Å². The van der Waals surface area contributed by atoms with Crippen molar-refractivity contribution in [2.45, 2.75) is 20.4 Å². The maximum atomic E-state index is 12.7. The van der Waals surface area contributed by atoms with Crippen molar-refractivity contribution in [3.8, 4) is 5.88 Å². The molecule has 8 heteroatoms. The summed E-state index contributed by atoms with van der Waals surface area (Å²) in [4.78, 5) is 31.3. The van der Waals surface area contributed by atoms with Crippen molar-refractivity contribution in [1.82, 2.24) is 15.3 Å². The Bertz CT molecular complexity index is 1060. The molecule has 0 unspecified atom stereocenters. The number of hydrogen-bond acceptors (Lipinski definition) is 4. The van der Waals surface area contributed by atoms with E-state index in [1.165, 1.54) is 7.11 Å². The highest BCUT2D eigenvalue weighted by Crippen LogP contribution is 2.25. The van der Waals surface area contributed by atoms with Gasteiger partial charge in [-0.05, 0) is 37.6 Å². The lowest BCUT2D eigenvalue weighted by Crippen LogP contribution is -2.27. The maximum absolute atomic E-state index is 12.7. The van der Waals surface area contributed by atoms with Crippen LogP contribution in [0.5, 0.6) is 5.88 Å². The van der Waals surface area contributed by atoms with Crippen LogP contribution in [0.25, 0.3) is 11.0 Å². The van der Waals surface area contributed by atoms with Crippen LogP contribution in [0.4, 0.5) is 5.69 Å². The van der Waals surface area contributed by atoms with Gasteiger partial charge >= 0.3 is 0 Å². The van der Waals surface area contributed by atoms with E-state index >= 15 is 0 Å². The molecule has 0 saturated carbocycles. The second-order valence-corrected chi connectivity index (χ2v) is 6.51. The molecule has 142 valence electrons. The number of carbonyl (C=O) groups excluding carboxylic acids is 1. The number of carbonyl (C=O) groups is 1. The molecular weight excluding hydrogens is 368 g/mol. The molecule has 27 heavy (non-hydrogen) atoms. The third kappa shape index (κ3) is 3.64. The van der Waals surface area contributed by atoms with Crippen molar-refractivity contribution in [1.29, 1.82) is 0 Å². The third-order valence-corrected chi connectivity index (χ3v) is 4.60. The van der Waals surface area contributed by atoms with Gasteiger partial charge in [0.15, 0.2) is 5.88 Å². The van der Waals surface area contributed by atoms with E-state index in [2.05, 4.69) is 20.6 Å². The fraction of sp³-hybridized carbons (Fsp3) is 0.263. The van der Waals surface area contributed by atoms with Crippen LogP contribution >= 0.6 is 11.6 Å². The summed E-state index contributed by atoms with van der Waals surface area (Å²) in [5, 5.41) is 6.44. The summed E-state index contributed by atoms with van der Waals surface area (Å²) in [6.45, 7) is 4.55. The van der Waals surface area contributed by atoms with Gasteiger partial charge in [-0.3, -0.25) is 9.59 Å². The molecule has 3 rings (SSSR count). The van der Waals surface area contributed by atoms with Gasteiger partial charge < -0.3 is 25.3 Å². The van der Waals surface area contributed by atoms with Gasteiger partial charge in [0.25, 0.3) is 5.91 Å². The number of nitrogens with one attached hydrogen (secondary N) is 4. The van der Waals surface area contributed by atoms with Gasteiger partial charge in [0.05, 0.1) is 24.7 Å². The number of amides is 1. The number of aromatic amines is 2. The molecule has 0 aliphatic heterocycles. The molecule has 0 radical (unpaired) electrons. The van der Waals surface area contributed by atoms with Crippen LogP contribution in [0.2, 0.25) is 5.02 Å². The Morgan fingerprint density at radius 2 is 2.11 bits per heavy atom. The molecule has 7 nitrogen and oxygen atoms in total. The number of benzene rings is 1. The largest absolute Gasteiger partial charge is 0.482 e. The van der Waals surface area contributed by atoms with Crippen molar-refractivity contribution >= 4 is 34.2 Å². The molecular formula is C19H21ClN4O3. The number of anilines is 1. The van der Waals surface area contributed by atoms with Crippen LogP contribution < -0.4 is 20.8 Å². The zero-order valence-electron chi connectivity index (χ0n) is 15.3. The Hall–Kier alpha value is -2.93. The fourth-order valence-electron chi connectivity index (χ4n) is 3.00. The van der Waals surface area contributed by atoms with E-state index in [-0.39, 0.29) is 17.9 Å². The first-order valence-electron chi connectivity index (χ1n) is 8.54. The summed E-state index contributed by atoms with van der Waals surface area (Å²) in [7, 11) is 1.47. The number of halogens is 1. The predicted molar refractivity (Wildman–Crippen MR) is 107 cm³/mol. The lowest BCUT2D eigenvalue weighted by Gasteiger charge is -2.14. The highest BCUT2D eigenvalue weighted by Gasteiger charge is 2.17. The van der Waals surface area contributed by atoms with Crippen LogP contribution in [0, 0.1) is 6.92 Å². The van der Waals surface area contributed by atoms with E-state index in [9.17, 15) is 9.59 Å². The maximum Gasteiger partial charge on any atom is 0.251 e. The molecule has 0 fully saturated rings. The Morgan fingerprint density at radius 1 is 1.33 bits per heavy atom. The second kappa shape index (κ2) is 7.75. The monoisotopic (exact) mass is 388 g/mol. The first kappa shape index (κ1) is 18.8. The minimum atomic E-state index is -0.317. The number of H-pyrrole nitrogens is 2. The van der Waals surface area contributed by atoms with E-state index in [1.54, 1.807) is 24.4 Å². The normalized spacial score (nSPS) is 10.8. The number of ether oxygens (including phenoxy) is 1. The summed E-state index contributed by atoms with van der Waals surface area (Å²) in [5.74, 6) is 0.00532. The smallest absolute Gasteiger partial charge is 0.251 e. The van der Waals surface area contributed by atoms with Crippen LogP contribution in [-0.4, -0.2) is 29.5 Å². The van der Waals surface area contributed by atoms with Gasteiger partial charge in [-0.25, -0.2) is 0 Å². The van der Waals surface area contributed by atoms with Crippen molar-refractivity contribution in [3.63, 3.8) is 0 Å². The number of methoxy groups -OCH3 is 1. The van der Waals surface area contributed by atoms with E-state index < -0.39 is 0 Å². The highest BCUT2D eigenvalue weighted by atomic mass is 35.5. The van der Waals surface area contributed by atoms with Crippen LogP contribution in [0.3, 0.4) is 0 Å². The predicted octanol–water partition coefficient (Wildman–Crippen LogP) is 3.19. The molecule has 0 saturated heterocycles. The van der Waals surface area contributed by atoms with Gasteiger partial charge in [-0.15, -0.1) is 0 Å². The van der Waals surface area contributed by atoms with Gasteiger partial charge in [-0.1, -0.05) is 11.6 Å². The number of aromatic nitrogens is 2. The lowest BCUT2D eigenvalue weighted by atomic mass is 10.1. The second-order valence-electron chi connectivity index (χ2n) is 6.07. The van der Waals surface area contributed by atoms with E-state index in [0.717, 1.165) is 11.3 Å². The minimum Gasteiger partial charge on any atom is -0.482 e. The molecule has 0 atom stereocenters. The topological polar surface area (TPSA) is 99.0 Å². The first-order valence-corrected chi connectivity index (χ1v) is 8.92. The van der Waals surface area contributed by atoms with Crippen molar-refractivity contribution in [2.24, 2.45) is 0 Å². The average Bonchev–Trinajstić information content (AvgIpc) is 3.12. The fourth-order valence-corrected chi connectivity index (χ4v) is 3.22. The van der Waals surface area contributed by atoms with E-state index in [1.807, 2.05) is 13.8 Å². The highest BCUT2D eigenvalue weighted by molar-refractivity contribution is 6.31. The van der Waals surface area contributed by atoms with Gasteiger partial charge in [0, 0.05) is 29.0 Å². The van der Waals surface area contributed by atoms with Crippen molar-refractivity contribution < 1.29 is 9.53 Å². The zero-order valence-corrected chi connectivity index (χ0v) is 16.1. The van der Waals surface area contributed by atoms with Gasteiger partial charge in [0.1, 0.15) is 5.52 Å². The average molecular weight is 389 g/mol. The SMILES string of the molecule is CCNc1cc(Cl)cc(C(=O)NCc2c(OC)[nH]c3cc[nH]c3c2=O)c1C. The van der Waals surface area contributed by atoms with Crippen molar-refractivity contribution in [3.05, 3.63) is 56.3 Å². The molecule has 0 aliphatic carbocycles. The molecule has 0 bridgehead atoms. The Kier molecular flexibility index (Phi) is 5.41. The number of hydrogen-bond donors (Lipinski definition) is 4. The number of rotatable bonds is 6. The van der Waals surface area contributed by atoms with Crippen LogP contribution in [0.1, 0.15) is 28.4 Å². The molecule has 2 aromatic heterocycles. The summed E-state index contributed by atoms with van der Waals surface area (Å²) >= 11 is 6.15. The summed E-state index contributed by atoms with van der Waals surface area (Å²) in [6, 6.07) is 5.14. The third-order valence-electron chi connectivity index (χ3n) is 4.38. The number of fused-ring (bicyclic) bond motifs is 1. The quantitative estimate of drug-likeness (QED) is 0.521. The van der Waals surface area contributed by atoms with E-state index in [4.69, 9.17) is 16.3 Å². The van der Waals surface area contributed by atoms with Crippen LogP contribution in [-0.2, 0) is 6.54 Å².